The second kappa shape index (κ2) is 8.08. The van der Waals surface area contributed by atoms with Gasteiger partial charge in [0.1, 0.15) is 0 Å². The molecule has 1 saturated carbocycles. The number of amides is 1. The lowest BCUT2D eigenvalue weighted by atomic mass is 9.96. The second-order valence-electron chi connectivity index (χ2n) is 5.42. The molecular weight excluding hydrogens is 286 g/mol. The summed E-state index contributed by atoms with van der Waals surface area (Å²) in [6.07, 6.45) is 2.58. The van der Waals surface area contributed by atoms with Gasteiger partial charge in [0, 0.05) is 12.3 Å². The van der Waals surface area contributed by atoms with Gasteiger partial charge in [-0.1, -0.05) is 36.8 Å². The van der Waals surface area contributed by atoms with Crippen LogP contribution in [0.2, 0.25) is 0 Å². The monoisotopic (exact) mass is 307 g/mol. The number of benzene rings is 1. The van der Waals surface area contributed by atoms with Crippen molar-refractivity contribution in [3.63, 3.8) is 0 Å². The van der Waals surface area contributed by atoms with Crippen molar-refractivity contribution in [2.75, 3.05) is 12.3 Å². The molecule has 0 saturated heterocycles. The zero-order chi connectivity index (χ0) is 15.1. The van der Waals surface area contributed by atoms with Gasteiger partial charge < -0.3 is 10.4 Å². The Morgan fingerprint density at radius 2 is 2.00 bits per heavy atom. The number of hydrogen-bond donors (Lipinski definition) is 2. The first-order chi connectivity index (χ1) is 10.2. The normalized spacial score (nSPS) is 21.1. The van der Waals surface area contributed by atoms with E-state index in [2.05, 4.69) is 5.32 Å². The fourth-order valence-electron chi connectivity index (χ4n) is 2.74. The number of thioether (sulfide) groups is 1. The molecule has 5 heteroatoms. The minimum Gasteiger partial charge on any atom is -0.481 e. The molecule has 2 N–H and O–H groups in total. The van der Waals surface area contributed by atoms with Crippen LogP contribution in [0.3, 0.4) is 0 Å². The van der Waals surface area contributed by atoms with Gasteiger partial charge in [-0.3, -0.25) is 9.59 Å². The Labute approximate surface area is 129 Å². The summed E-state index contributed by atoms with van der Waals surface area (Å²) >= 11 is 1.58. The van der Waals surface area contributed by atoms with Gasteiger partial charge in [0.2, 0.25) is 5.91 Å². The SMILES string of the molecule is O=C(CSCc1ccccc1)NCC1CCCC1C(=O)O. The number of nitrogens with one attached hydrogen (secondary N) is 1. The molecular formula is C16H21NO3S. The maximum absolute atomic E-state index is 11.8. The Morgan fingerprint density at radius 3 is 2.71 bits per heavy atom. The minimum atomic E-state index is -0.731. The Hall–Kier alpha value is -1.49. The van der Waals surface area contributed by atoms with Crippen LogP contribution in [0.1, 0.15) is 24.8 Å². The standard InChI is InChI=1S/C16H21NO3S/c18-15(11-21-10-12-5-2-1-3-6-12)17-9-13-7-4-8-14(13)16(19)20/h1-3,5-6,13-14H,4,7-11H2,(H,17,18)(H,19,20). The number of aliphatic carboxylic acids is 1. The van der Waals surface area contributed by atoms with Crippen molar-refractivity contribution in [3.05, 3.63) is 35.9 Å². The summed E-state index contributed by atoms with van der Waals surface area (Å²) in [6.45, 7) is 0.488. The quantitative estimate of drug-likeness (QED) is 0.812. The summed E-state index contributed by atoms with van der Waals surface area (Å²) in [7, 11) is 0. The zero-order valence-corrected chi connectivity index (χ0v) is 12.8. The average molecular weight is 307 g/mol. The second-order valence-corrected chi connectivity index (χ2v) is 6.40. The first-order valence-corrected chi connectivity index (χ1v) is 8.43. The van der Waals surface area contributed by atoms with Crippen molar-refractivity contribution >= 4 is 23.6 Å². The molecule has 1 aromatic carbocycles. The molecule has 2 unspecified atom stereocenters. The summed E-state index contributed by atoms with van der Waals surface area (Å²) in [5, 5.41) is 12.0. The third kappa shape index (κ3) is 5.08. The summed E-state index contributed by atoms with van der Waals surface area (Å²) in [6, 6.07) is 10.0. The number of carbonyl (C=O) groups excluding carboxylic acids is 1. The van der Waals surface area contributed by atoms with Crippen molar-refractivity contribution in [2.45, 2.75) is 25.0 Å². The van der Waals surface area contributed by atoms with Crippen LogP contribution >= 0.6 is 11.8 Å². The third-order valence-corrected chi connectivity index (χ3v) is 4.89. The van der Waals surface area contributed by atoms with Crippen molar-refractivity contribution in [1.29, 1.82) is 0 Å². The molecule has 114 valence electrons. The first kappa shape index (κ1) is 15.9. The highest BCUT2D eigenvalue weighted by atomic mass is 32.2. The molecule has 0 aliphatic heterocycles. The highest BCUT2D eigenvalue weighted by Gasteiger charge is 2.32. The first-order valence-electron chi connectivity index (χ1n) is 7.28. The lowest BCUT2D eigenvalue weighted by molar-refractivity contribution is -0.143. The molecule has 1 aliphatic rings. The number of hydrogen-bond acceptors (Lipinski definition) is 3. The summed E-state index contributed by atoms with van der Waals surface area (Å²) in [5.41, 5.74) is 1.21. The predicted octanol–water partition coefficient (Wildman–Crippen LogP) is 2.54. The molecule has 0 radical (unpaired) electrons. The van der Waals surface area contributed by atoms with Crippen LogP contribution in [0.4, 0.5) is 0 Å². The van der Waals surface area contributed by atoms with E-state index in [0.29, 0.717) is 12.3 Å². The Morgan fingerprint density at radius 1 is 1.24 bits per heavy atom. The lowest BCUT2D eigenvalue weighted by Gasteiger charge is -2.16. The Kier molecular flexibility index (Phi) is 6.11. The van der Waals surface area contributed by atoms with Crippen LogP contribution in [0.15, 0.2) is 30.3 Å². The van der Waals surface area contributed by atoms with E-state index in [1.165, 1.54) is 5.56 Å². The van der Waals surface area contributed by atoms with Crippen LogP contribution in [0.5, 0.6) is 0 Å². The van der Waals surface area contributed by atoms with E-state index in [1.807, 2.05) is 30.3 Å². The van der Waals surface area contributed by atoms with Crippen LogP contribution in [-0.2, 0) is 15.3 Å². The summed E-state index contributed by atoms with van der Waals surface area (Å²) in [5.74, 6) is 0.291. The maximum atomic E-state index is 11.8. The molecule has 1 aliphatic carbocycles. The molecule has 1 fully saturated rings. The summed E-state index contributed by atoms with van der Waals surface area (Å²) < 4.78 is 0. The topological polar surface area (TPSA) is 66.4 Å². The van der Waals surface area contributed by atoms with Crippen LogP contribution < -0.4 is 5.32 Å². The molecule has 2 atom stereocenters. The fraction of sp³-hybridized carbons (Fsp3) is 0.500. The van der Waals surface area contributed by atoms with Crippen molar-refractivity contribution in [2.24, 2.45) is 11.8 Å². The molecule has 0 bridgehead atoms. The molecule has 1 amide bonds. The number of carboxylic acid groups (broad SMARTS) is 1. The van der Waals surface area contributed by atoms with Crippen molar-refractivity contribution in [3.8, 4) is 0 Å². The summed E-state index contributed by atoms with van der Waals surface area (Å²) in [4.78, 5) is 22.9. The molecule has 0 spiro atoms. The van der Waals surface area contributed by atoms with Crippen molar-refractivity contribution < 1.29 is 14.7 Å². The van der Waals surface area contributed by atoms with E-state index in [1.54, 1.807) is 11.8 Å². The lowest BCUT2D eigenvalue weighted by Crippen LogP contribution is -2.33. The molecule has 1 aromatic rings. The van der Waals surface area contributed by atoms with Crippen LogP contribution in [-0.4, -0.2) is 29.3 Å². The van der Waals surface area contributed by atoms with E-state index in [9.17, 15) is 9.59 Å². The molecule has 2 rings (SSSR count). The third-order valence-electron chi connectivity index (χ3n) is 3.88. The highest BCUT2D eigenvalue weighted by molar-refractivity contribution is 7.99. The van der Waals surface area contributed by atoms with Crippen LogP contribution in [0, 0.1) is 11.8 Å². The van der Waals surface area contributed by atoms with Gasteiger partial charge in [-0.25, -0.2) is 0 Å². The van der Waals surface area contributed by atoms with Gasteiger partial charge in [-0.05, 0) is 24.3 Å². The largest absolute Gasteiger partial charge is 0.481 e. The number of rotatable bonds is 7. The van der Waals surface area contributed by atoms with Gasteiger partial charge in [-0.15, -0.1) is 11.8 Å². The fourth-order valence-corrected chi connectivity index (χ4v) is 3.56. The van der Waals surface area contributed by atoms with E-state index in [-0.39, 0.29) is 17.7 Å². The van der Waals surface area contributed by atoms with Crippen molar-refractivity contribution in [1.82, 2.24) is 5.32 Å². The number of carbonyl (C=O) groups is 2. The zero-order valence-electron chi connectivity index (χ0n) is 12.0. The Bertz CT molecular complexity index is 478. The molecule has 0 aromatic heterocycles. The molecule has 0 heterocycles. The van der Waals surface area contributed by atoms with Gasteiger partial charge >= 0.3 is 5.97 Å². The molecule has 21 heavy (non-hydrogen) atoms. The van der Waals surface area contributed by atoms with Gasteiger partial charge in [0.15, 0.2) is 0 Å². The maximum Gasteiger partial charge on any atom is 0.306 e. The van der Waals surface area contributed by atoms with E-state index in [4.69, 9.17) is 5.11 Å². The van der Waals surface area contributed by atoms with Gasteiger partial charge in [0.05, 0.1) is 11.7 Å². The average Bonchev–Trinajstić information content (AvgIpc) is 2.95. The minimum absolute atomic E-state index is 0.00744. The Balaban J connectivity index is 1.65. The van der Waals surface area contributed by atoms with Crippen LogP contribution in [0.25, 0.3) is 0 Å². The smallest absolute Gasteiger partial charge is 0.306 e. The van der Waals surface area contributed by atoms with Gasteiger partial charge in [0.25, 0.3) is 0 Å². The number of carboxylic acids is 1. The predicted molar refractivity (Wildman–Crippen MR) is 84.1 cm³/mol. The molecule has 4 nitrogen and oxygen atoms in total. The van der Waals surface area contributed by atoms with E-state index >= 15 is 0 Å². The highest BCUT2D eigenvalue weighted by Crippen LogP contribution is 2.31. The van der Waals surface area contributed by atoms with Gasteiger partial charge in [-0.2, -0.15) is 0 Å². The van der Waals surface area contributed by atoms with E-state index < -0.39 is 5.97 Å². The van der Waals surface area contributed by atoms with E-state index in [0.717, 1.165) is 25.0 Å².